The van der Waals surface area contributed by atoms with Crippen LogP contribution >= 0.6 is 0 Å². The van der Waals surface area contributed by atoms with Crippen molar-refractivity contribution < 1.29 is 13.2 Å². The first kappa shape index (κ1) is 15.0. The van der Waals surface area contributed by atoms with Crippen molar-refractivity contribution in [2.45, 2.75) is 43.9 Å². The van der Waals surface area contributed by atoms with E-state index in [1.807, 2.05) is 6.92 Å². The summed E-state index contributed by atoms with van der Waals surface area (Å²) in [7, 11) is -3.75. The largest absolute Gasteiger partial charge is 0.326 e. The predicted molar refractivity (Wildman–Crippen MR) is 77.8 cm³/mol. The van der Waals surface area contributed by atoms with Gasteiger partial charge in [0.25, 0.3) is 0 Å². The summed E-state index contributed by atoms with van der Waals surface area (Å²) in [4.78, 5) is 12.0. The summed E-state index contributed by atoms with van der Waals surface area (Å²) < 4.78 is 22.7. The fourth-order valence-electron chi connectivity index (χ4n) is 2.59. The molecule has 0 atom stereocenters. The van der Waals surface area contributed by atoms with E-state index in [1.165, 1.54) is 25.0 Å². The highest BCUT2D eigenvalue weighted by Crippen LogP contribution is 2.28. The van der Waals surface area contributed by atoms with E-state index in [9.17, 15) is 13.2 Å². The molecule has 110 valence electrons. The average Bonchev–Trinajstić information content (AvgIpc) is 2.83. The highest BCUT2D eigenvalue weighted by atomic mass is 32.2. The normalized spacial score (nSPS) is 16.3. The van der Waals surface area contributed by atoms with Crippen molar-refractivity contribution in [1.29, 1.82) is 0 Å². The van der Waals surface area contributed by atoms with E-state index < -0.39 is 10.0 Å². The predicted octanol–water partition coefficient (Wildman–Crippen LogP) is 2.16. The minimum absolute atomic E-state index is 0.0132. The standard InChI is InChI=1S/C14H20N2O3S/c1-10-6-7-12(20(15,18)19)9-13(10)16-14(17)8-11-4-2-3-5-11/h6-7,9,11H,2-5,8H2,1H3,(H,16,17)(H2,15,18,19). The van der Waals surface area contributed by atoms with Crippen LogP contribution < -0.4 is 10.5 Å². The van der Waals surface area contributed by atoms with Gasteiger partial charge in [0.2, 0.25) is 15.9 Å². The first-order valence-electron chi connectivity index (χ1n) is 6.79. The van der Waals surface area contributed by atoms with Crippen molar-refractivity contribution in [3.63, 3.8) is 0 Å². The number of primary sulfonamides is 1. The van der Waals surface area contributed by atoms with E-state index in [0.29, 0.717) is 18.0 Å². The van der Waals surface area contributed by atoms with Gasteiger partial charge < -0.3 is 5.32 Å². The van der Waals surface area contributed by atoms with Gasteiger partial charge in [0.05, 0.1) is 4.90 Å². The van der Waals surface area contributed by atoms with E-state index in [-0.39, 0.29) is 10.8 Å². The molecule has 1 aliphatic carbocycles. The third kappa shape index (κ3) is 3.80. The van der Waals surface area contributed by atoms with Crippen LogP contribution in [-0.2, 0) is 14.8 Å². The lowest BCUT2D eigenvalue weighted by Crippen LogP contribution is -2.17. The van der Waals surface area contributed by atoms with Crippen molar-refractivity contribution in [3.05, 3.63) is 23.8 Å². The fourth-order valence-corrected chi connectivity index (χ4v) is 3.13. The first-order valence-corrected chi connectivity index (χ1v) is 8.34. The Morgan fingerprint density at radius 1 is 1.35 bits per heavy atom. The van der Waals surface area contributed by atoms with Gasteiger partial charge in [-0.1, -0.05) is 18.9 Å². The summed E-state index contributed by atoms with van der Waals surface area (Å²) in [6.07, 6.45) is 5.09. The molecular formula is C14H20N2O3S. The Kier molecular flexibility index (Phi) is 4.45. The number of sulfonamides is 1. The summed E-state index contributed by atoms with van der Waals surface area (Å²) >= 11 is 0. The lowest BCUT2D eigenvalue weighted by atomic mass is 10.0. The van der Waals surface area contributed by atoms with Gasteiger partial charge in [-0.05, 0) is 43.4 Å². The molecule has 3 N–H and O–H groups in total. The van der Waals surface area contributed by atoms with Crippen LogP contribution in [0.15, 0.2) is 23.1 Å². The highest BCUT2D eigenvalue weighted by Gasteiger charge is 2.19. The second-order valence-electron chi connectivity index (χ2n) is 5.42. The third-order valence-electron chi connectivity index (χ3n) is 3.76. The van der Waals surface area contributed by atoms with E-state index in [0.717, 1.165) is 18.4 Å². The highest BCUT2D eigenvalue weighted by molar-refractivity contribution is 7.89. The number of amides is 1. The maximum atomic E-state index is 12.0. The van der Waals surface area contributed by atoms with Crippen molar-refractivity contribution in [3.8, 4) is 0 Å². The molecule has 1 amide bonds. The number of carbonyl (C=O) groups excluding carboxylic acids is 1. The zero-order chi connectivity index (χ0) is 14.8. The topological polar surface area (TPSA) is 89.3 Å². The molecule has 1 fully saturated rings. The van der Waals surface area contributed by atoms with Crippen LogP contribution in [-0.4, -0.2) is 14.3 Å². The Morgan fingerprint density at radius 2 is 2.00 bits per heavy atom. The average molecular weight is 296 g/mol. The molecule has 0 aromatic heterocycles. The Balaban J connectivity index is 2.09. The lowest BCUT2D eigenvalue weighted by molar-refractivity contribution is -0.117. The smallest absolute Gasteiger partial charge is 0.238 e. The Morgan fingerprint density at radius 3 is 2.60 bits per heavy atom. The van der Waals surface area contributed by atoms with E-state index in [4.69, 9.17) is 5.14 Å². The molecule has 0 bridgehead atoms. The second-order valence-corrected chi connectivity index (χ2v) is 6.99. The second kappa shape index (κ2) is 5.93. The van der Waals surface area contributed by atoms with Crippen molar-refractivity contribution >= 4 is 21.6 Å². The van der Waals surface area contributed by atoms with Gasteiger partial charge in [0, 0.05) is 12.1 Å². The molecule has 0 radical (unpaired) electrons. The molecule has 1 saturated carbocycles. The van der Waals surface area contributed by atoms with Gasteiger partial charge in [0.1, 0.15) is 0 Å². The van der Waals surface area contributed by atoms with E-state index >= 15 is 0 Å². The number of benzene rings is 1. The summed E-state index contributed by atoms with van der Waals surface area (Å²) in [5.41, 5.74) is 1.33. The molecule has 20 heavy (non-hydrogen) atoms. The molecule has 1 aromatic carbocycles. The number of anilines is 1. The Labute approximate surface area is 119 Å². The van der Waals surface area contributed by atoms with Crippen LogP contribution in [0.4, 0.5) is 5.69 Å². The van der Waals surface area contributed by atoms with Crippen LogP contribution in [0.5, 0.6) is 0 Å². The number of aryl methyl sites for hydroxylation is 1. The zero-order valence-electron chi connectivity index (χ0n) is 11.6. The molecule has 0 aliphatic heterocycles. The summed E-state index contributed by atoms with van der Waals surface area (Å²) in [5, 5.41) is 7.89. The molecule has 0 heterocycles. The van der Waals surface area contributed by atoms with Gasteiger partial charge in [-0.25, -0.2) is 13.6 Å². The van der Waals surface area contributed by atoms with Gasteiger partial charge in [-0.2, -0.15) is 0 Å². The molecule has 0 spiro atoms. The van der Waals surface area contributed by atoms with Gasteiger partial charge in [-0.15, -0.1) is 0 Å². The fraction of sp³-hybridized carbons (Fsp3) is 0.500. The molecule has 2 rings (SSSR count). The molecular weight excluding hydrogens is 276 g/mol. The Bertz CT molecular complexity index is 605. The zero-order valence-corrected chi connectivity index (χ0v) is 12.4. The molecule has 1 aliphatic rings. The van der Waals surface area contributed by atoms with E-state index in [2.05, 4.69) is 5.32 Å². The van der Waals surface area contributed by atoms with Crippen LogP contribution in [0.3, 0.4) is 0 Å². The summed E-state index contributed by atoms with van der Waals surface area (Å²) in [5.74, 6) is 0.392. The minimum Gasteiger partial charge on any atom is -0.326 e. The van der Waals surface area contributed by atoms with Crippen molar-refractivity contribution in [1.82, 2.24) is 0 Å². The van der Waals surface area contributed by atoms with Crippen LogP contribution in [0, 0.1) is 12.8 Å². The maximum absolute atomic E-state index is 12.0. The third-order valence-corrected chi connectivity index (χ3v) is 4.67. The van der Waals surface area contributed by atoms with E-state index in [1.54, 1.807) is 6.07 Å². The van der Waals surface area contributed by atoms with Crippen molar-refractivity contribution in [2.75, 3.05) is 5.32 Å². The van der Waals surface area contributed by atoms with Crippen LogP contribution in [0.2, 0.25) is 0 Å². The molecule has 0 saturated heterocycles. The quantitative estimate of drug-likeness (QED) is 0.892. The Hall–Kier alpha value is -1.40. The number of hydrogen-bond acceptors (Lipinski definition) is 3. The summed E-state index contributed by atoms with van der Waals surface area (Å²) in [6.45, 7) is 1.82. The number of hydrogen-bond donors (Lipinski definition) is 2. The number of nitrogens with one attached hydrogen (secondary N) is 1. The van der Waals surface area contributed by atoms with Gasteiger partial charge in [0.15, 0.2) is 0 Å². The van der Waals surface area contributed by atoms with Crippen LogP contribution in [0.1, 0.15) is 37.7 Å². The van der Waals surface area contributed by atoms with Crippen molar-refractivity contribution in [2.24, 2.45) is 11.1 Å². The number of nitrogens with two attached hydrogens (primary N) is 1. The molecule has 0 unspecified atom stereocenters. The monoisotopic (exact) mass is 296 g/mol. The minimum atomic E-state index is -3.75. The van der Waals surface area contributed by atoms with Crippen LogP contribution in [0.25, 0.3) is 0 Å². The SMILES string of the molecule is Cc1ccc(S(N)(=O)=O)cc1NC(=O)CC1CCCC1. The molecule has 1 aromatic rings. The molecule has 6 heteroatoms. The number of carbonyl (C=O) groups is 1. The number of rotatable bonds is 4. The van der Waals surface area contributed by atoms with Gasteiger partial charge >= 0.3 is 0 Å². The van der Waals surface area contributed by atoms with Gasteiger partial charge in [-0.3, -0.25) is 4.79 Å². The maximum Gasteiger partial charge on any atom is 0.238 e. The molecule has 5 nitrogen and oxygen atoms in total. The lowest BCUT2D eigenvalue weighted by Gasteiger charge is -2.12. The summed E-state index contributed by atoms with van der Waals surface area (Å²) in [6, 6.07) is 4.50. The first-order chi connectivity index (χ1) is 9.36.